The van der Waals surface area contributed by atoms with E-state index in [0.29, 0.717) is 42.7 Å². The Hall–Kier alpha value is -3.93. The second kappa shape index (κ2) is 8.78. The molecule has 6 nitrogen and oxygen atoms in total. The number of fused-ring (bicyclic) bond motifs is 1. The molecule has 0 radical (unpaired) electrons. The number of methoxy groups -OCH3 is 1. The summed E-state index contributed by atoms with van der Waals surface area (Å²) < 4.78 is 7.04. The van der Waals surface area contributed by atoms with Crippen LogP contribution in [0.25, 0.3) is 10.9 Å². The van der Waals surface area contributed by atoms with Crippen LogP contribution in [-0.2, 0) is 16.1 Å². The first-order chi connectivity index (χ1) is 16.5. The molecule has 0 bridgehead atoms. The summed E-state index contributed by atoms with van der Waals surface area (Å²) in [6.45, 7) is 4.13. The fourth-order valence-electron chi connectivity index (χ4n) is 5.21. The number of hydrogen-bond acceptors (Lipinski definition) is 4. The lowest BCUT2D eigenvalue weighted by atomic mass is 9.77. The van der Waals surface area contributed by atoms with E-state index < -0.39 is 5.92 Å². The van der Waals surface area contributed by atoms with Crippen molar-refractivity contribution < 1.29 is 14.3 Å². The molecule has 3 aromatic rings. The lowest BCUT2D eigenvalue weighted by molar-refractivity contribution is -0.119. The highest BCUT2D eigenvalue weighted by molar-refractivity contribution is 6.07. The maximum Gasteiger partial charge on any atom is 0.255 e. The molecule has 0 saturated carbocycles. The van der Waals surface area contributed by atoms with Crippen LogP contribution < -0.4 is 15.2 Å². The van der Waals surface area contributed by atoms with Crippen LogP contribution in [0.3, 0.4) is 0 Å². The summed E-state index contributed by atoms with van der Waals surface area (Å²) in [7, 11) is 1.59. The molecule has 1 amide bonds. The van der Waals surface area contributed by atoms with Gasteiger partial charge < -0.3 is 9.30 Å². The normalized spacial score (nSPS) is 18.3. The second-order valence-corrected chi connectivity index (χ2v) is 8.69. The zero-order valence-corrected chi connectivity index (χ0v) is 19.1. The van der Waals surface area contributed by atoms with Crippen LogP contribution in [-0.4, -0.2) is 23.4 Å². The summed E-state index contributed by atoms with van der Waals surface area (Å²) in [4.78, 5) is 42.1. The molecular weight excluding hydrogens is 428 g/mol. The Bertz CT molecular complexity index is 1400. The third-order valence-electron chi connectivity index (χ3n) is 6.71. The molecule has 1 aromatic heterocycles. The van der Waals surface area contributed by atoms with Crippen LogP contribution in [0.5, 0.6) is 5.75 Å². The number of ketones is 1. The van der Waals surface area contributed by atoms with E-state index in [-0.39, 0.29) is 23.7 Å². The maximum atomic E-state index is 13.7. The Balaban J connectivity index is 1.75. The third kappa shape index (κ3) is 3.55. The topological polar surface area (TPSA) is 68.6 Å². The number of carbonyl (C=O) groups excluding carboxylic acids is 2. The zero-order valence-electron chi connectivity index (χ0n) is 19.1. The van der Waals surface area contributed by atoms with Crippen molar-refractivity contribution in [2.45, 2.75) is 38.1 Å². The van der Waals surface area contributed by atoms with Crippen molar-refractivity contribution in [3.05, 3.63) is 94.4 Å². The van der Waals surface area contributed by atoms with Gasteiger partial charge in [-0.3, -0.25) is 19.3 Å². The number of Topliss-reactive ketones (excluding diaryl/α,β-unsaturated/α-hetero) is 1. The molecule has 0 saturated heterocycles. The fraction of sp³-hybridized carbons (Fsp3) is 0.250. The molecule has 34 heavy (non-hydrogen) atoms. The van der Waals surface area contributed by atoms with Crippen molar-refractivity contribution in [3.8, 4) is 5.75 Å². The third-order valence-corrected chi connectivity index (χ3v) is 6.71. The summed E-state index contributed by atoms with van der Waals surface area (Å²) in [6, 6.07) is 16.8. The van der Waals surface area contributed by atoms with Gasteiger partial charge in [-0.15, -0.1) is 6.58 Å². The number of rotatable bonds is 5. The molecule has 2 aliphatic rings. The SMILES string of the molecule is C=CCn1c(=O)c(C2CC(=O)N(c3ccccc3)C3=C2C(=O)CCC3)cc2cc(OC)ccc21. The van der Waals surface area contributed by atoms with Crippen molar-refractivity contribution in [3.63, 3.8) is 0 Å². The second-order valence-electron chi connectivity index (χ2n) is 8.69. The van der Waals surface area contributed by atoms with E-state index in [2.05, 4.69) is 6.58 Å². The molecule has 1 aliphatic carbocycles. The average Bonchev–Trinajstić information content (AvgIpc) is 2.85. The molecule has 1 unspecified atom stereocenters. The van der Waals surface area contributed by atoms with E-state index in [4.69, 9.17) is 4.74 Å². The fourth-order valence-corrected chi connectivity index (χ4v) is 5.21. The van der Waals surface area contributed by atoms with Crippen LogP contribution in [0.4, 0.5) is 5.69 Å². The number of anilines is 1. The first-order valence-corrected chi connectivity index (χ1v) is 11.5. The smallest absolute Gasteiger partial charge is 0.255 e. The Labute approximate surface area is 197 Å². The maximum absolute atomic E-state index is 13.7. The van der Waals surface area contributed by atoms with Crippen LogP contribution in [0, 0.1) is 0 Å². The molecule has 0 N–H and O–H groups in total. The van der Waals surface area contributed by atoms with E-state index in [9.17, 15) is 14.4 Å². The van der Waals surface area contributed by atoms with Gasteiger partial charge in [-0.25, -0.2) is 0 Å². The number of aromatic nitrogens is 1. The van der Waals surface area contributed by atoms with Crippen LogP contribution in [0.1, 0.15) is 37.2 Å². The predicted molar refractivity (Wildman–Crippen MR) is 132 cm³/mol. The molecule has 1 aliphatic heterocycles. The van der Waals surface area contributed by atoms with Gasteiger partial charge in [-0.2, -0.15) is 0 Å². The van der Waals surface area contributed by atoms with Gasteiger partial charge in [0.15, 0.2) is 5.78 Å². The molecule has 1 atom stereocenters. The highest BCUT2D eigenvalue weighted by atomic mass is 16.5. The van der Waals surface area contributed by atoms with Crippen molar-refractivity contribution in [2.75, 3.05) is 12.0 Å². The van der Waals surface area contributed by atoms with Crippen LogP contribution in [0.15, 0.2) is 83.3 Å². The lowest BCUT2D eigenvalue weighted by Gasteiger charge is -2.38. The van der Waals surface area contributed by atoms with Crippen molar-refractivity contribution >= 4 is 28.3 Å². The molecule has 5 rings (SSSR count). The summed E-state index contributed by atoms with van der Waals surface area (Å²) in [5.74, 6) is 0.00505. The van der Waals surface area contributed by atoms with Crippen LogP contribution >= 0.6 is 0 Å². The van der Waals surface area contributed by atoms with Crippen molar-refractivity contribution in [1.29, 1.82) is 0 Å². The standard InChI is InChI=1S/C28H26N2O4/c1-3-14-29-23-13-12-20(34-2)15-18(23)16-22(28(29)33)21-17-26(32)30(19-8-5-4-6-9-19)24-10-7-11-25(31)27(21)24/h3-6,8-9,12-13,15-16,21H,1,7,10-11,14,17H2,2H3. The van der Waals surface area contributed by atoms with Gasteiger partial charge in [0.2, 0.25) is 5.91 Å². The van der Waals surface area contributed by atoms with E-state index in [1.807, 2.05) is 54.6 Å². The molecule has 0 spiro atoms. The van der Waals surface area contributed by atoms with E-state index in [1.165, 1.54) is 0 Å². The minimum absolute atomic E-state index is 0.0140. The Kier molecular flexibility index (Phi) is 5.65. The first kappa shape index (κ1) is 21.9. The molecule has 172 valence electrons. The largest absolute Gasteiger partial charge is 0.497 e. The van der Waals surface area contributed by atoms with Gasteiger partial charge in [-0.05, 0) is 49.2 Å². The minimum Gasteiger partial charge on any atom is -0.497 e. The number of nitrogens with zero attached hydrogens (tertiary/aromatic N) is 2. The molecule has 6 heteroatoms. The van der Waals surface area contributed by atoms with Gasteiger partial charge in [0, 0.05) is 53.2 Å². The van der Waals surface area contributed by atoms with Gasteiger partial charge in [0.25, 0.3) is 5.56 Å². The molecule has 2 aromatic carbocycles. The summed E-state index contributed by atoms with van der Waals surface area (Å²) >= 11 is 0. The van der Waals surface area contributed by atoms with E-state index in [0.717, 1.165) is 22.3 Å². The number of amides is 1. The van der Waals surface area contributed by atoms with Gasteiger partial charge in [-0.1, -0.05) is 24.3 Å². The highest BCUT2D eigenvalue weighted by Crippen LogP contribution is 2.43. The van der Waals surface area contributed by atoms with Crippen molar-refractivity contribution in [2.24, 2.45) is 0 Å². The highest BCUT2D eigenvalue weighted by Gasteiger charge is 2.40. The average molecular weight is 455 g/mol. The van der Waals surface area contributed by atoms with Crippen molar-refractivity contribution in [1.82, 2.24) is 4.57 Å². The van der Waals surface area contributed by atoms with E-state index >= 15 is 0 Å². The van der Waals surface area contributed by atoms with Gasteiger partial charge >= 0.3 is 0 Å². The van der Waals surface area contributed by atoms with Gasteiger partial charge in [0.1, 0.15) is 5.75 Å². The number of carbonyl (C=O) groups is 2. The van der Waals surface area contributed by atoms with Gasteiger partial charge in [0.05, 0.1) is 12.6 Å². The number of ether oxygens (including phenoxy) is 1. The lowest BCUT2D eigenvalue weighted by Crippen LogP contribution is -2.42. The van der Waals surface area contributed by atoms with Crippen LogP contribution in [0.2, 0.25) is 0 Å². The predicted octanol–water partition coefficient (Wildman–Crippen LogP) is 4.72. The number of benzene rings is 2. The number of pyridine rings is 1. The van der Waals surface area contributed by atoms with E-state index in [1.54, 1.807) is 22.7 Å². The summed E-state index contributed by atoms with van der Waals surface area (Å²) in [6.07, 6.45) is 3.48. The first-order valence-electron chi connectivity index (χ1n) is 11.5. The number of allylic oxidation sites excluding steroid dienone is 3. The molecule has 2 heterocycles. The monoisotopic (exact) mass is 454 g/mol. The number of para-hydroxylation sites is 1. The zero-order chi connectivity index (χ0) is 23.8. The summed E-state index contributed by atoms with van der Waals surface area (Å²) in [5, 5.41) is 0.819. The minimum atomic E-state index is -0.575. The number of hydrogen-bond donors (Lipinski definition) is 0. The summed E-state index contributed by atoms with van der Waals surface area (Å²) in [5.41, 5.74) is 3.09. The Morgan fingerprint density at radius 1 is 1.06 bits per heavy atom. The Morgan fingerprint density at radius 3 is 2.59 bits per heavy atom. The quantitative estimate of drug-likeness (QED) is 0.523. The molecular formula is C28H26N2O4. The molecule has 0 fully saturated rings. The Morgan fingerprint density at radius 2 is 1.85 bits per heavy atom.